The van der Waals surface area contributed by atoms with Crippen LogP contribution in [-0.4, -0.2) is 56.9 Å². The topological polar surface area (TPSA) is 168 Å². The number of esters is 2. The van der Waals surface area contributed by atoms with Gasteiger partial charge in [-0.15, -0.1) is 0 Å². The largest absolute Gasteiger partial charge is 0.463 e. The molecule has 12 nitrogen and oxygen atoms in total. The highest BCUT2D eigenvalue weighted by Gasteiger charge is 2.32. The van der Waals surface area contributed by atoms with E-state index < -0.39 is 11.9 Å². The van der Waals surface area contributed by atoms with Crippen LogP contribution in [0.15, 0.2) is 96.6 Å². The second kappa shape index (κ2) is 13.9. The molecule has 2 amide bonds. The molecular formula is C40H31ClN6O6. The van der Waals surface area contributed by atoms with Crippen molar-refractivity contribution in [3.05, 3.63) is 130 Å². The Morgan fingerprint density at radius 2 is 1.34 bits per heavy atom. The van der Waals surface area contributed by atoms with Crippen LogP contribution in [0, 0.1) is 0 Å². The van der Waals surface area contributed by atoms with E-state index in [2.05, 4.69) is 30.6 Å². The number of rotatable bonds is 8. The summed E-state index contributed by atoms with van der Waals surface area (Å²) in [5.41, 5.74) is 7.25. The number of carbonyl (C=O) groups excluding carboxylic acids is 4. The molecule has 0 aliphatic carbocycles. The SMILES string of the molecule is CCOC(=O)C1=C(c2cccnc2)c2[nH]c3cc(CCOC(=O)C4=C(c5cccnc5)c5[nH]c6ccc(Cl)cc6c5NC(=O)C4)ccc3c2NC(=O)C1. The molecule has 2 aliphatic heterocycles. The zero-order chi connectivity index (χ0) is 36.6. The number of amides is 2. The number of halogens is 1. The Morgan fingerprint density at radius 3 is 1.94 bits per heavy atom. The molecule has 6 heterocycles. The third-order valence-electron chi connectivity index (χ3n) is 9.22. The lowest BCUT2D eigenvalue weighted by atomic mass is 9.96. The predicted molar refractivity (Wildman–Crippen MR) is 200 cm³/mol. The zero-order valence-electron chi connectivity index (χ0n) is 28.3. The highest BCUT2D eigenvalue weighted by Crippen LogP contribution is 2.42. The van der Waals surface area contributed by atoms with E-state index in [-0.39, 0.29) is 49.0 Å². The maximum atomic E-state index is 13.9. The number of hydrogen-bond donors (Lipinski definition) is 4. The monoisotopic (exact) mass is 726 g/mol. The van der Waals surface area contributed by atoms with E-state index >= 15 is 0 Å². The molecule has 0 saturated heterocycles. The van der Waals surface area contributed by atoms with Crippen molar-refractivity contribution in [3.8, 4) is 0 Å². The number of benzene rings is 2. The Morgan fingerprint density at radius 1 is 0.736 bits per heavy atom. The van der Waals surface area contributed by atoms with Gasteiger partial charge in [-0.25, -0.2) is 9.59 Å². The Hall–Kier alpha value is -6.53. The van der Waals surface area contributed by atoms with Crippen LogP contribution in [0.4, 0.5) is 11.4 Å². The molecule has 0 atom stereocenters. The van der Waals surface area contributed by atoms with Crippen molar-refractivity contribution in [2.75, 3.05) is 23.8 Å². The van der Waals surface area contributed by atoms with Crippen LogP contribution < -0.4 is 10.6 Å². The smallest absolute Gasteiger partial charge is 0.335 e. The normalized spacial score (nSPS) is 14.3. The molecule has 0 fully saturated rings. The van der Waals surface area contributed by atoms with Crippen LogP contribution in [0.3, 0.4) is 0 Å². The molecule has 8 rings (SSSR count). The molecule has 6 aromatic rings. The van der Waals surface area contributed by atoms with Gasteiger partial charge in [0.1, 0.15) is 0 Å². The first kappa shape index (κ1) is 33.6. The van der Waals surface area contributed by atoms with Crippen molar-refractivity contribution in [1.29, 1.82) is 0 Å². The molecular weight excluding hydrogens is 696 g/mol. The van der Waals surface area contributed by atoms with Gasteiger partial charge in [0.25, 0.3) is 0 Å². The van der Waals surface area contributed by atoms with Crippen LogP contribution in [0.1, 0.15) is 47.8 Å². The number of H-pyrrole nitrogens is 2. The van der Waals surface area contributed by atoms with Gasteiger partial charge in [0.05, 0.1) is 60.0 Å². The average molecular weight is 727 g/mol. The average Bonchev–Trinajstić information content (AvgIpc) is 3.57. The van der Waals surface area contributed by atoms with Crippen molar-refractivity contribution < 1.29 is 28.7 Å². The number of nitrogens with one attached hydrogen (secondary N) is 4. The molecule has 13 heteroatoms. The Balaban J connectivity index is 1.11. The summed E-state index contributed by atoms with van der Waals surface area (Å²) >= 11 is 6.30. The van der Waals surface area contributed by atoms with Crippen molar-refractivity contribution in [2.45, 2.75) is 26.2 Å². The van der Waals surface area contributed by atoms with Gasteiger partial charge >= 0.3 is 11.9 Å². The standard InChI is InChI=1S/C40H31ClN6O6/c1-2-52-39(50)27-17-31(48)46-35-25-9-7-21(15-30(25)45-37(35)33(27)22-5-3-12-42-19-22)11-14-53-40(51)28-18-32(49)47-36-26-16-24(41)8-10-29(26)44-38(36)34(28)23-6-4-13-43-20-23/h3-10,12-13,15-16,19-20,44-45H,2,11,14,17-18H2,1H3,(H,46,48)(H,47,49). The Bertz CT molecular complexity index is 2540. The minimum Gasteiger partial charge on any atom is -0.463 e. The highest BCUT2D eigenvalue weighted by atomic mass is 35.5. The quantitative estimate of drug-likeness (QED) is 0.125. The number of aromatic amines is 2. The predicted octanol–water partition coefficient (Wildman–Crippen LogP) is 6.73. The summed E-state index contributed by atoms with van der Waals surface area (Å²) < 4.78 is 11.2. The van der Waals surface area contributed by atoms with Crippen LogP contribution in [0.2, 0.25) is 5.02 Å². The summed E-state index contributed by atoms with van der Waals surface area (Å²) in [6.45, 7) is 1.90. The fourth-order valence-corrected chi connectivity index (χ4v) is 7.11. The van der Waals surface area contributed by atoms with E-state index in [9.17, 15) is 19.2 Å². The minimum atomic E-state index is -0.628. The molecule has 2 aromatic carbocycles. The van der Waals surface area contributed by atoms with Gasteiger partial charge in [-0.1, -0.05) is 35.9 Å². The minimum absolute atomic E-state index is 0.0238. The molecule has 264 valence electrons. The fraction of sp³-hybridized carbons (Fsp3) is 0.150. The van der Waals surface area contributed by atoms with Crippen LogP contribution in [0.25, 0.3) is 33.0 Å². The van der Waals surface area contributed by atoms with Gasteiger partial charge in [0.15, 0.2) is 0 Å². The number of carbonyl (C=O) groups is 4. The van der Waals surface area contributed by atoms with E-state index in [0.29, 0.717) is 67.4 Å². The highest BCUT2D eigenvalue weighted by molar-refractivity contribution is 6.31. The van der Waals surface area contributed by atoms with Gasteiger partial charge in [0, 0.05) is 80.3 Å². The van der Waals surface area contributed by atoms with E-state index in [0.717, 1.165) is 16.5 Å². The first-order valence-corrected chi connectivity index (χ1v) is 17.3. The maximum Gasteiger partial charge on any atom is 0.335 e. The summed E-state index contributed by atoms with van der Waals surface area (Å²) in [5.74, 6) is -1.92. The van der Waals surface area contributed by atoms with Crippen molar-refractivity contribution >= 4 is 79.7 Å². The molecule has 4 N–H and O–H groups in total. The summed E-state index contributed by atoms with van der Waals surface area (Å²) in [6.07, 6.45) is 6.54. The summed E-state index contributed by atoms with van der Waals surface area (Å²) in [7, 11) is 0. The van der Waals surface area contributed by atoms with Crippen LogP contribution in [0.5, 0.6) is 0 Å². The second-order valence-corrected chi connectivity index (χ2v) is 13.0. The molecule has 0 bridgehead atoms. The third kappa shape index (κ3) is 6.33. The number of anilines is 2. The van der Waals surface area contributed by atoms with Crippen LogP contribution in [-0.2, 0) is 35.1 Å². The number of ether oxygens (including phenoxy) is 2. The molecule has 4 aromatic heterocycles. The van der Waals surface area contributed by atoms with Gasteiger partial charge in [0.2, 0.25) is 11.8 Å². The van der Waals surface area contributed by atoms with E-state index in [4.69, 9.17) is 21.1 Å². The molecule has 53 heavy (non-hydrogen) atoms. The zero-order valence-corrected chi connectivity index (χ0v) is 29.1. The van der Waals surface area contributed by atoms with E-state index in [1.54, 1.807) is 56.0 Å². The van der Waals surface area contributed by atoms with Crippen molar-refractivity contribution in [2.24, 2.45) is 0 Å². The lowest BCUT2D eigenvalue weighted by Gasteiger charge is -2.13. The number of hydrogen-bond acceptors (Lipinski definition) is 8. The third-order valence-corrected chi connectivity index (χ3v) is 9.46. The van der Waals surface area contributed by atoms with Crippen LogP contribution >= 0.6 is 11.6 Å². The molecule has 0 spiro atoms. The number of fused-ring (bicyclic) bond motifs is 6. The summed E-state index contributed by atoms with van der Waals surface area (Å²) in [5, 5.41) is 7.89. The van der Waals surface area contributed by atoms with Gasteiger partial charge in [-0.05, 0) is 48.9 Å². The lowest BCUT2D eigenvalue weighted by molar-refractivity contribution is -0.140. The maximum absolute atomic E-state index is 13.9. The lowest BCUT2D eigenvalue weighted by Crippen LogP contribution is -2.17. The first-order valence-electron chi connectivity index (χ1n) is 17.0. The molecule has 0 radical (unpaired) electrons. The summed E-state index contributed by atoms with van der Waals surface area (Å²) in [4.78, 5) is 68.6. The Kier molecular flexibility index (Phi) is 8.80. The van der Waals surface area contributed by atoms with Crippen molar-refractivity contribution in [1.82, 2.24) is 19.9 Å². The first-order chi connectivity index (χ1) is 25.8. The van der Waals surface area contributed by atoms with E-state index in [1.807, 2.05) is 36.4 Å². The second-order valence-electron chi connectivity index (χ2n) is 12.6. The molecule has 0 saturated carbocycles. The fourth-order valence-electron chi connectivity index (χ4n) is 6.94. The molecule has 2 aliphatic rings. The van der Waals surface area contributed by atoms with Crippen molar-refractivity contribution in [3.63, 3.8) is 0 Å². The summed E-state index contributed by atoms with van der Waals surface area (Å²) in [6, 6.07) is 18.2. The van der Waals surface area contributed by atoms with Gasteiger partial charge < -0.3 is 30.1 Å². The number of aromatic nitrogens is 4. The number of nitrogens with zero attached hydrogens (tertiary/aromatic N) is 2. The van der Waals surface area contributed by atoms with E-state index in [1.165, 1.54) is 0 Å². The Labute approximate surface area is 307 Å². The molecule has 0 unspecified atom stereocenters. The van der Waals surface area contributed by atoms with Gasteiger partial charge in [-0.2, -0.15) is 0 Å². The van der Waals surface area contributed by atoms with Gasteiger partial charge in [-0.3, -0.25) is 19.6 Å². The number of pyridine rings is 2.